The predicted molar refractivity (Wildman–Crippen MR) is 91.3 cm³/mol. The van der Waals surface area contributed by atoms with Gasteiger partial charge < -0.3 is 15.2 Å². The highest BCUT2D eigenvalue weighted by molar-refractivity contribution is 5.87. The molecule has 0 aliphatic carbocycles. The maximum Gasteiger partial charge on any atom is 0.335 e. The summed E-state index contributed by atoms with van der Waals surface area (Å²) in [6, 6.07) is 13.9. The quantitative estimate of drug-likeness (QED) is 0.819. The number of benzene rings is 2. The highest BCUT2D eigenvalue weighted by Crippen LogP contribution is 2.20. The van der Waals surface area contributed by atoms with Crippen molar-refractivity contribution >= 4 is 11.9 Å². The molecular formula is C19H21NO4. The fourth-order valence-electron chi connectivity index (χ4n) is 2.45. The van der Waals surface area contributed by atoms with Gasteiger partial charge in [-0.2, -0.15) is 0 Å². The summed E-state index contributed by atoms with van der Waals surface area (Å²) in [5.74, 6) is -0.296. The Bertz CT molecular complexity index is 692. The summed E-state index contributed by atoms with van der Waals surface area (Å²) in [5.41, 5.74) is 2.01. The molecule has 0 radical (unpaired) electrons. The van der Waals surface area contributed by atoms with Gasteiger partial charge in [-0.25, -0.2) is 4.79 Å². The molecular weight excluding hydrogens is 306 g/mol. The second kappa shape index (κ2) is 8.15. The van der Waals surface area contributed by atoms with Gasteiger partial charge in [0, 0.05) is 0 Å². The normalized spacial score (nSPS) is 11.6. The molecule has 1 atom stereocenters. The highest BCUT2D eigenvalue weighted by Gasteiger charge is 2.13. The molecule has 0 saturated carbocycles. The number of carboxylic acids is 1. The average Bonchev–Trinajstić information content (AvgIpc) is 2.60. The van der Waals surface area contributed by atoms with Crippen LogP contribution in [0, 0.1) is 0 Å². The number of hydrogen-bond acceptors (Lipinski definition) is 3. The molecule has 0 fully saturated rings. The first kappa shape index (κ1) is 17.5. The Morgan fingerprint density at radius 2 is 1.71 bits per heavy atom. The van der Waals surface area contributed by atoms with Gasteiger partial charge in [0.15, 0.2) is 0 Å². The molecule has 5 heteroatoms. The van der Waals surface area contributed by atoms with Crippen molar-refractivity contribution in [2.24, 2.45) is 0 Å². The summed E-state index contributed by atoms with van der Waals surface area (Å²) in [4.78, 5) is 23.1. The summed E-state index contributed by atoms with van der Waals surface area (Å²) in [6.45, 7) is 2.01. The van der Waals surface area contributed by atoms with Gasteiger partial charge in [0.2, 0.25) is 5.91 Å². The largest absolute Gasteiger partial charge is 0.497 e. The second-order valence-corrected chi connectivity index (χ2v) is 5.48. The smallest absolute Gasteiger partial charge is 0.335 e. The molecule has 24 heavy (non-hydrogen) atoms. The van der Waals surface area contributed by atoms with E-state index in [4.69, 9.17) is 9.84 Å². The summed E-state index contributed by atoms with van der Waals surface area (Å²) in [6.07, 6.45) is 0.989. The van der Waals surface area contributed by atoms with Crippen LogP contribution in [0.3, 0.4) is 0 Å². The first-order valence-electron chi connectivity index (χ1n) is 7.79. The molecule has 2 rings (SSSR count). The highest BCUT2D eigenvalue weighted by atomic mass is 16.5. The zero-order chi connectivity index (χ0) is 17.5. The van der Waals surface area contributed by atoms with Crippen LogP contribution in [0.2, 0.25) is 0 Å². The Morgan fingerprint density at radius 1 is 1.08 bits per heavy atom. The molecule has 0 aliphatic rings. The topological polar surface area (TPSA) is 75.6 Å². The molecule has 0 aromatic heterocycles. The predicted octanol–water partition coefficient (Wildman–Crippen LogP) is 3.20. The van der Waals surface area contributed by atoms with Crippen LogP contribution in [-0.4, -0.2) is 24.1 Å². The summed E-state index contributed by atoms with van der Waals surface area (Å²) < 4.78 is 5.14. The van der Waals surface area contributed by atoms with Crippen molar-refractivity contribution in [1.29, 1.82) is 0 Å². The summed E-state index contributed by atoms with van der Waals surface area (Å²) in [7, 11) is 1.61. The third-order valence-electron chi connectivity index (χ3n) is 3.83. The van der Waals surface area contributed by atoms with Crippen LogP contribution in [0.4, 0.5) is 0 Å². The molecule has 0 spiro atoms. The van der Waals surface area contributed by atoms with Gasteiger partial charge in [0.05, 0.1) is 25.1 Å². The fraction of sp³-hybridized carbons (Fsp3) is 0.263. The zero-order valence-electron chi connectivity index (χ0n) is 13.8. The SMILES string of the molecule is CCC(NC(=O)Cc1ccc(C(=O)O)cc1)c1ccc(OC)cc1. The van der Waals surface area contributed by atoms with E-state index in [9.17, 15) is 9.59 Å². The van der Waals surface area contributed by atoms with Gasteiger partial charge in [0.1, 0.15) is 5.75 Å². The maximum absolute atomic E-state index is 12.2. The van der Waals surface area contributed by atoms with Crippen LogP contribution >= 0.6 is 0 Å². The van der Waals surface area contributed by atoms with Gasteiger partial charge in [-0.3, -0.25) is 4.79 Å². The minimum absolute atomic E-state index is 0.0679. The first-order valence-corrected chi connectivity index (χ1v) is 7.79. The number of methoxy groups -OCH3 is 1. The van der Waals surface area contributed by atoms with E-state index >= 15 is 0 Å². The van der Waals surface area contributed by atoms with Crippen LogP contribution in [0.25, 0.3) is 0 Å². The molecule has 2 aromatic carbocycles. The van der Waals surface area contributed by atoms with Crippen LogP contribution in [0.15, 0.2) is 48.5 Å². The van der Waals surface area contributed by atoms with E-state index in [1.807, 2.05) is 31.2 Å². The zero-order valence-corrected chi connectivity index (χ0v) is 13.8. The number of carboxylic acid groups (broad SMARTS) is 1. The van der Waals surface area contributed by atoms with Gasteiger partial charge in [-0.1, -0.05) is 31.2 Å². The number of rotatable bonds is 7. The van der Waals surface area contributed by atoms with Gasteiger partial charge >= 0.3 is 5.97 Å². The minimum Gasteiger partial charge on any atom is -0.497 e. The molecule has 126 valence electrons. The molecule has 0 aliphatic heterocycles. The van der Waals surface area contributed by atoms with Crippen molar-refractivity contribution in [2.75, 3.05) is 7.11 Å². The average molecular weight is 327 g/mol. The third-order valence-corrected chi connectivity index (χ3v) is 3.83. The van der Waals surface area contributed by atoms with E-state index in [-0.39, 0.29) is 23.9 Å². The fourth-order valence-corrected chi connectivity index (χ4v) is 2.45. The Kier molecular flexibility index (Phi) is 5.95. The lowest BCUT2D eigenvalue weighted by molar-refractivity contribution is -0.121. The van der Waals surface area contributed by atoms with E-state index in [1.54, 1.807) is 19.2 Å². The molecule has 2 aromatic rings. The van der Waals surface area contributed by atoms with E-state index in [0.29, 0.717) is 0 Å². The Balaban J connectivity index is 1.99. The number of hydrogen-bond donors (Lipinski definition) is 2. The number of carbonyl (C=O) groups is 2. The molecule has 0 saturated heterocycles. The molecule has 0 heterocycles. The van der Waals surface area contributed by atoms with Crippen molar-refractivity contribution in [3.05, 3.63) is 65.2 Å². The van der Waals surface area contributed by atoms with Gasteiger partial charge in [-0.05, 0) is 41.8 Å². The van der Waals surface area contributed by atoms with Crippen molar-refractivity contribution < 1.29 is 19.4 Å². The van der Waals surface area contributed by atoms with Crippen molar-refractivity contribution in [3.63, 3.8) is 0 Å². The lowest BCUT2D eigenvalue weighted by Gasteiger charge is -2.18. The molecule has 1 unspecified atom stereocenters. The van der Waals surface area contributed by atoms with E-state index in [0.717, 1.165) is 23.3 Å². The Morgan fingerprint density at radius 3 is 2.21 bits per heavy atom. The van der Waals surface area contributed by atoms with E-state index in [2.05, 4.69) is 5.32 Å². The second-order valence-electron chi connectivity index (χ2n) is 5.48. The third kappa shape index (κ3) is 4.59. The monoisotopic (exact) mass is 327 g/mol. The van der Waals surface area contributed by atoms with Crippen LogP contribution in [0.5, 0.6) is 5.75 Å². The van der Waals surface area contributed by atoms with Crippen molar-refractivity contribution in [1.82, 2.24) is 5.32 Å². The van der Waals surface area contributed by atoms with E-state index in [1.165, 1.54) is 12.1 Å². The number of amides is 1. The first-order chi connectivity index (χ1) is 11.5. The number of aromatic carboxylic acids is 1. The van der Waals surface area contributed by atoms with E-state index < -0.39 is 5.97 Å². The van der Waals surface area contributed by atoms with Crippen LogP contribution in [0.1, 0.15) is 40.9 Å². The van der Waals surface area contributed by atoms with Crippen molar-refractivity contribution in [2.45, 2.75) is 25.8 Å². The maximum atomic E-state index is 12.2. The Hall–Kier alpha value is -2.82. The molecule has 1 amide bonds. The number of nitrogens with one attached hydrogen (secondary N) is 1. The lowest BCUT2D eigenvalue weighted by Crippen LogP contribution is -2.29. The Labute approximate surface area is 141 Å². The molecule has 0 bridgehead atoms. The summed E-state index contributed by atoms with van der Waals surface area (Å²) in [5, 5.41) is 11.9. The van der Waals surface area contributed by atoms with Crippen molar-refractivity contribution in [3.8, 4) is 5.75 Å². The minimum atomic E-state index is -0.975. The van der Waals surface area contributed by atoms with Crippen LogP contribution < -0.4 is 10.1 Å². The standard InChI is InChI=1S/C19H21NO4/c1-3-17(14-8-10-16(24-2)11-9-14)20-18(21)12-13-4-6-15(7-5-13)19(22)23/h4-11,17H,3,12H2,1-2H3,(H,20,21)(H,22,23). The number of carbonyl (C=O) groups excluding carboxylic acids is 1. The lowest BCUT2D eigenvalue weighted by atomic mass is 10.0. The number of ether oxygens (including phenoxy) is 1. The molecule has 2 N–H and O–H groups in total. The van der Waals surface area contributed by atoms with Crippen LogP contribution in [-0.2, 0) is 11.2 Å². The summed E-state index contributed by atoms with van der Waals surface area (Å²) >= 11 is 0. The van der Waals surface area contributed by atoms with Gasteiger partial charge in [-0.15, -0.1) is 0 Å². The van der Waals surface area contributed by atoms with Gasteiger partial charge in [0.25, 0.3) is 0 Å². The molecule has 5 nitrogen and oxygen atoms in total.